The van der Waals surface area contributed by atoms with Crippen molar-refractivity contribution in [2.45, 2.75) is 19.2 Å². The van der Waals surface area contributed by atoms with Gasteiger partial charge < -0.3 is 9.47 Å². The zero-order chi connectivity index (χ0) is 14.0. The minimum absolute atomic E-state index is 0.196. The van der Waals surface area contributed by atoms with Crippen molar-refractivity contribution in [3.63, 3.8) is 0 Å². The minimum atomic E-state index is -0.196. The lowest BCUT2D eigenvalue weighted by molar-refractivity contribution is 0.391. The first-order valence-corrected chi connectivity index (χ1v) is 7.25. The average molecular weight is 297 g/mol. The Morgan fingerprint density at radius 1 is 1.11 bits per heavy atom. The van der Waals surface area contributed by atoms with Gasteiger partial charge in [-0.3, -0.25) is 0 Å². The normalized spacial score (nSPS) is 12.3. The summed E-state index contributed by atoms with van der Waals surface area (Å²) >= 11 is 8.31. The van der Waals surface area contributed by atoms with E-state index >= 15 is 0 Å². The first-order chi connectivity index (χ1) is 9.06. The van der Waals surface area contributed by atoms with Gasteiger partial charge in [-0.05, 0) is 37.6 Å². The van der Waals surface area contributed by atoms with E-state index in [1.54, 1.807) is 25.6 Å². The van der Waals surface area contributed by atoms with Crippen LogP contribution in [-0.2, 0) is 0 Å². The third-order valence-corrected chi connectivity index (χ3v) is 4.97. The second-order valence-electron chi connectivity index (χ2n) is 4.36. The number of methoxy groups -OCH3 is 2. The smallest absolute Gasteiger partial charge is 0.127 e. The highest BCUT2D eigenvalue weighted by molar-refractivity contribution is 7.12. The van der Waals surface area contributed by atoms with Gasteiger partial charge in [0.25, 0.3) is 0 Å². The van der Waals surface area contributed by atoms with Gasteiger partial charge in [-0.15, -0.1) is 22.9 Å². The Bertz CT molecular complexity index is 558. The van der Waals surface area contributed by atoms with E-state index in [2.05, 4.69) is 19.9 Å². The zero-order valence-electron chi connectivity index (χ0n) is 11.5. The van der Waals surface area contributed by atoms with E-state index in [1.807, 2.05) is 18.2 Å². The van der Waals surface area contributed by atoms with Crippen molar-refractivity contribution in [1.82, 2.24) is 0 Å². The molecule has 1 aromatic heterocycles. The van der Waals surface area contributed by atoms with Crippen molar-refractivity contribution < 1.29 is 9.47 Å². The van der Waals surface area contributed by atoms with Crippen LogP contribution >= 0.6 is 22.9 Å². The molecule has 0 saturated heterocycles. The van der Waals surface area contributed by atoms with Crippen molar-refractivity contribution in [2.75, 3.05) is 14.2 Å². The summed E-state index contributed by atoms with van der Waals surface area (Å²) in [6.07, 6.45) is 0. The molecule has 0 fully saturated rings. The Labute approximate surface area is 122 Å². The molecule has 19 heavy (non-hydrogen) atoms. The van der Waals surface area contributed by atoms with Crippen LogP contribution in [0.3, 0.4) is 0 Å². The molecule has 1 heterocycles. The van der Waals surface area contributed by atoms with Crippen molar-refractivity contribution in [3.05, 3.63) is 45.1 Å². The zero-order valence-corrected chi connectivity index (χ0v) is 13.1. The SMILES string of the molecule is COc1ccc(C(Cl)c2cc(C)c(C)s2)c(OC)c1. The Morgan fingerprint density at radius 2 is 1.84 bits per heavy atom. The lowest BCUT2D eigenvalue weighted by atomic mass is 10.1. The molecule has 1 unspecified atom stereocenters. The van der Waals surface area contributed by atoms with Crippen LogP contribution in [0.2, 0.25) is 0 Å². The number of thiophene rings is 1. The van der Waals surface area contributed by atoms with Gasteiger partial charge in [0.1, 0.15) is 11.5 Å². The topological polar surface area (TPSA) is 18.5 Å². The van der Waals surface area contributed by atoms with Crippen molar-refractivity contribution in [3.8, 4) is 11.5 Å². The molecule has 4 heteroatoms. The Morgan fingerprint density at radius 3 is 2.37 bits per heavy atom. The summed E-state index contributed by atoms with van der Waals surface area (Å²) in [5, 5.41) is -0.196. The average Bonchev–Trinajstić information content (AvgIpc) is 2.77. The summed E-state index contributed by atoms with van der Waals surface area (Å²) in [5.74, 6) is 1.52. The summed E-state index contributed by atoms with van der Waals surface area (Å²) in [6.45, 7) is 4.21. The van der Waals surface area contributed by atoms with Crippen LogP contribution in [0.4, 0.5) is 0 Å². The maximum Gasteiger partial charge on any atom is 0.127 e. The summed E-state index contributed by atoms with van der Waals surface area (Å²) < 4.78 is 10.6. The first kappa shape index (κ1) is 14.2. The summed E-state index contributed by atoms with van der Waals surface area (Å²) in [5.41, 5.74) is 2.24. The maximum absolute atomic E-state index is 6.59. The monoisotopic (exact) mass is 296 g/mol. The maximum atomic E-state index is 6.59. The van der Waals surface area contributed by atoms with Crippen LogP contribution in [0.5, 0.6) is 11.5 Å². The van der Waals surface area contributed by atoms with E-state index in [9.17, 15) is 0 Å². The van der Waals surface area contributed by atoms with E-state index in [0.717, 1.165) is 21.9 Å². The second-order valence-corrected chi connectivity index (χ2v) is 6.08. The number of halogens is 1. The lowest BCUT2D eigenvalue weighted by Crippen LogP contribution is -1.96. The quantitative estimate of drug-likeness (QED) is 0.761. The Hall–Kier alpha value is -1.19. The Kier molecular flexibility index (Phi) is 4.38. The van der Waals surface area contributed by atoms with Gasteiger partial charge in [0.05, 0.1) is 19.6 Å². The van der Waals surface area contributed by atoms with Gasteiger partial charge >= 0.3 is 0 Å². The number of aryl methyl sites for hydroxylation is 2. The highest BCUT2D eigenvalue weighted by Crippen LogP contribution is 2.40. The van der Waals surface area contributed by atoms with E-state index < -0.39 is 0 Å². The molecule has 0 bridgehead atoms. The van der Waals surface area contributed by atoms with Gasteiger partial charge in [0.15, 0.2) is 0 Å². The molecular formula is C15H17ClO2S. The van der Waals surface area contributed by atoms with Crippen LogP contribution < -0.4 is 9.47 Å². The molecule has 0 radical (unpaired) electrons. The van der Waals surface area contributed by atoms with Gasteiger partial charge in [0, 0.05) is 21.4 Å². The number of benzene rings is 1. The fraction of sp³-hybridized carbons (Fsp3) is 0.333. The fourth-order valence-electron chi connectivity index (χ4n) is 1.91. The number of ether oxygens (including phenoxy) is 2. The van der Waals surface area contributed by atoms with Crippen LogP contribution in [0.15, 0.2) is 24.3 Å². The molecule has 2 nitrogen and oxygen atoms in total. The van der Waals surface area contributed by atoms with Crippen molar-refractivity contribution >= 4 is 22.9 Å². The molecule has 2 rings (SSSR count). The Balaban J connectivity index is 2.40. The highest BCUT2D eigenvalue weighted by Gasteiger charge is 2.18. The molecule has 0 spiro atoms. The summed E-state index contributed by atoms with van der Waals surface area (Å²) in [7, 11) is 3.28. The molecule has 1 aromatic carbocycles. The molecule has 0 aliphatic carbocycles. The minimum Gasteiger partial charge on any atom is -0.497 e. The molecular weight excluding hydrogens is 280 g/mol. The number of hydrogen-bond donors (Lipinski definition) is 0. The predicted octanol–water partition coefficient (Wildman–Crippen LogP) is 4.71. The van der Waals surface area contributed by atoms with Gasteiger partial charge in [0.2, 0.25) is 0 Å². The summed E-state index contributed by atoms with van der Waals surface area (Å²) in [4.78, 5) is 2.44. The van der Waals surface area contributed by atoms with Gasteiger partial charge in [-0.25, -0.2) is 0 Å². The predicted molar refractivity (Wildman–Crippen MR) is 81.0 cm³/mol. The molecule has 0 aliphatic rings. The highest BCUT2D eigenvalue weighted by atomic mass is 35.5. The van der Waals surface area contributed by atoms with Crippen LogP contribution in [0.1, 0.15) is 26.3 Å². The molecule has 0 amide bonds. The van der Waals surface area contributed by atoms with E-state index in [-0.39, 0.29) is 5.38 Å². The third kappa shape index (κ3) is 2.88. The van der Waals surface area contributed by atoms with E-state index in [1.165, 1.54) is 10.4 Å². The molecule has 2 aromatic rings. The molecule has 0 N–H and O–H groups in total. The second kappa shape index (κ2) is 5.85. The number of hydrogen-bond acceptors (Lipinski definition) is 3. The fourth-order valence-corrected chi connectivity index (χ4v) is 3.32. The van der Waals surface area contributed by atoms with Crippen LogP contribution in [-0.4, -0.2) is 14.2 Å². The molecule has 0 aliphatic heterocycles. The third-order valence-electron chi connectivity index (χ3n) is 3.15. The summed E-state index contributed by atoms with van der Waals surface area (Å²) in [6, 6.07) is 7.86. The van der Waals surface area contributed by atoms with Crippen LogP contribution in [0, 0.1) is 13.8 Å². The molecule has 102 valence electrons. The van der Waals surface area contributed by atoms with Gasteiger partial charge in [-0.2, -0.15) is 0 Å². The van der Waals surface area contributed by atoms with E-state index in [4.69, 9.17) is 21.1 Å². The molecule has 0 saturated carbocycles. The van der Waals surface area contributed by atoms with Crippen molar-refractivity contribution in [1.29, 1.82) is 0 Å². The molecule has 1 atom stereocenters. The first-order valence-electron chi connectivity index (χ1n) is 5.99. The number of alkyl halides is 1. The van der Waals surface area contributed by atoms with Gasteiger partial charge in [-0.1, -0.05) is 0 Å². The number of rotatable bonds is 4. The standard InChI is InChI=1S/C15H17ClO2S/c1-9-7-14(19-10(9)2)15(16)12-6-5-11(17-3)8-13(12)18-4/h5-8,15H,1-4H3. The van der Waals surface area contributed by atoms with Crippen LogP contribution in [0.25, 0.3) is 0 Å². The van der Waals surface area contributed by atoms with Crippen molar-refractivity contribution in [2.24, 2.45) is 0 Å². The lowest BCUT2D eigenvalue weighted by Gasteiger charge is -2.14. The van der Waals surface area contributed by atoms with E-state index in [0.29, 0.717) is 0 Å². The largest absolute Gasteiger partial charge is 0.497 e.